The van der Waals surface area contributed by atoms with Crippen LogP contribution in [0.1, 0.15) is 50.6 Å². The zero-order chi connectivity index (χ0) is 20.3. The van der Waals surface area contributed by atoms with Gasteiger partial charge in [0, 0.05) is 42.3 Å². The van der Waals surface area contributed by atoms with E-state index in [1.807, 2.05) is 23.7 Å². The van der Waals surface area contributed by atoms with E-state index in [2.05, 4.69) is 55.1 Å². The summed E-state index contributed by atoms with van der Waals surface area (Å²) in [5.41, 5.74) is 5.17. The SMILES string of the molecule is Cc1nn(CC(C)C)c(C)c1CC(=O)Nc1ccc(N2CCC(C)CC2)cc1. The van der Waals surface area contributed by atoms with Crippen molar-refractivity contribution in [2.24, 2.45) is 11.8 Å². The average molecular weight is 383 g/mol. The quantitative estimate of drug-likeness (QED) is 0.796. The lowest BCUT2D eigenvalue weighted by atomic mass is 9.99. The minimum Gasteiger partial charge on any atom is -0.372 e. The van der Waals surface area contributed by atoms with E-state index in [1.165, 1.54) is 18.5 Å². The van der Waals surface area contributed by atoms with Crippen LogP contribution in [-0.4, -0.2) is 28.8 Å². The molecule has 1 N–H and O–H groups in total. The molecular formula is C23H34N4O. The summed E-state index contributed by atoms with van der Waals surface area (Å²) in [6.07, 6.45) is 2.87. The highest BCUT2D eigenvalue weighted by Crippen LogP contribution is 2.24. The summed E-state index contributed by atoms with van der Waals surface area (Å²) in [7, 11) is 0. The summed E-state index contributed by atoms with van der Waals surface area (Å²) in [6.45, 7) is 13.8. The van der Waals surface area contributed by atoms with Crippen LogP contribution in [0.2, 0.25) is 0 Å². The predicted octanol–water partition coefficient (Wildman–Crippen LogP) is 4.57. The highest BCUT2D eigenvalue weighted by molar-refractivity contribution is 5.92. The largest absolute Gasteiger partial charge is 0.372 e. The van der Waals surface area contributed by atoms with Gasteiger partial charge in [-0.25, -0.2) is 0 Å². The number of amides is 1. The third-order valence-corrected chi connectivity index (χ3v) is 5.71. The number of nitrogens with zero attached hydrogens (tertiary/aromatic N) is 3. The number of piperidine rings is 1. The van der Waals surface area contributed by atoms with Crippen molar-refractivity contribution in [3.05, 3.63) is 41.2 Å². The summed E-state index contributed by atoms with van der Waals surface area (Å²) in [5, 5.41) is 7.65. The Morgan fingerprint density at radius 2 is 1.82 bits per heavy atom. The second-order valence-electron chi connectivity index (χ2n) is 8.67. The number of nitrogens with one attached hydrogen (secondary N) is 1. The molecule has 1 aliphatic rings. The van der Waals surface area contributed by atoms with Gasteiger partial charge in [0.1, 0.15) is 0 Å². The minimum atomic E-state index is 0.00912. The van der Waals surface area contributed by atoms with Crippen molar-refractivity contribution in [3.8, 4) is 0 Å². The smallest absolute Gasteiger partial charge is 0.228 e. The molecule has 5 nitrogen and oxygen atoms in total. The van der Waals surface area contributed by atoms with Gasteiger partial charge in [0.05, 0.1) is 12.1 Å². The Morgan fingerprint density at radius 3 is 2.43 bits per heavy atom. The number of rotatable bonds is 6. The van der Waals surface area contributed by atoms with Crippen LogP contribution >= 0.6 is 0 Å². The van der Waals surface area contributed by atoms with Crippen molar-refractivity contribution < 1.29 is 4.79 Å². The van der Waals surface area contributed by atoms with E-state index >= 15 is 0 Å². The van der Waals surface area contributed by atoms with Crippen LogP contribution in [0.25, 0.3) is 0 Å². The maximum atomic E-state index is 12.6. The fourth-order valence-electron chi connectivity index (χ4n) is 3.90. The normalized spacial score (nSPS) is 15.3. The molecule has 3 rings (SSSR count). The molecule has 28 heavy (non-hydrogen) atoms. The lowest BCUT2D eigenvalue weighted by molar-refractivity contribution is -0.115. The first-order chi connectivity index (χ1) is 13.3. The molecule has 0 saturated carbocycles. The summed E-state index contributed by atoms with van der Waals surface area (Å²) < 4.78 is 2.02. The van der Waals surface area contributed by atoms with E-state index in [1.54, 1.807) is 0 Å². The lowest BCUT2D eigenvalue weighted by Crippen LogP contribution is -2.32. The van der Waals surface area contributed by atoms with Crippen LogP contribution in [0.5, 0.6) is 0 Å². The first-order valence-corrected chi connectivity index (χ1v) is 10.5. The van der Waals surface area contributed by atoms with Gasteiger partial charge in [0.25, 0.3) is 0 Å². The molecule has 0 spiro atoms. The maximum absolute atomic E-state index is 12.6. The van der Waals surface area contributed by atoms with Crippen LogP contribution in [-0.2, 0) is 17.8 Å². The molecule has 0 unspecified atom stereocenters. The first-order valence-electron chi connectivity index (χ1n) is 10.5. The van der Waals surface area contributed by atoms with Gasteiger partial charge >= 0.3 is 0 Å². The molecule has 0 bridgehead atoms. The molecule has 2 aromatic rings. The van der Waals surface area contributed by atoms with Crippen LogP contribution in [0.3, 0.4) is 0 Å². The van der Waals surface area contributed by atoms with Gasteiger partial charge in [-0.2, -0.15) is 5.10 Å². The highest BCUT2D eigenvalue weighted by Gasteiger charge is 2.17. The Bertz CT molecular complexity index is 799. The summed E-state index contributed by atoms with van der Waals surface area (Å²) in [4.78, 5) is 15.0. The Labute approximate surface area is 169 Å². The van der Waals surface area contributed by atoms with Crippen LogP contribution < -0.4 is 10.2 Å². The zero-order valence-corrected chi connectivity index (χ0v) is 18.0. The molecule has 0 aliphatic carbocycles. The molecule has 152 valence electrons. The number of carbonyl (C=O) groups excluding carboxylic acids is 1. The van der Waals surface area contributed by atoms with Gasteiger partial charge in [-0.15, -0.1) is 0 Å². The zero-order valence-electron chi connectivity index (χ0n) is 18.0. The van der Waals surface area contributed by atoms with Crippen LogP contribution in [0.15, 0.2) is 24.3 Å². The van der Waals surface area contributed by atoms with Gasteiger partial charge in [-0.3, -0.25) is 9.48 Å². The summed E-state index contributed by atoms with van der Waals surface area (Å²) in [6, 6.07) is 8.24. The Kier molecular flexibility index (Phi) is 6.42. The van der Waals surface area contributed by atoms with E-state index < -0.39 is 0 Å². The van der Waals surface area contributed by atoms with Crippen molar-refractivity contribution in [2.75, 3.05) is 23.3 Å². The second kappa shape index (κ2) is 8.80. The molecular weight excluding hydrogens is 348 g/mol. The summed E-state index contributed by atoms with van der Waals surface area (Å²) >= 11 is 0. The van der Waals surface area contributed by atoms with Crippen LogP contribution in [0.4, 0.5) is 11.4 Å². The number of hydrogen-bond donors (Lipinski definition) is 1. The molecule has 0 radical (unpaired) electrons. The fraction of sp³-hybridized carbons (Fsp3) is 0.565. The molecule has 1 aromatic carbocycles. The third kappa shape index (κ3) is 4.94. The molecule has 1 saturated heterocycles. The molecule has 5 heteroatoms. The Hall–Kier alpha value is -2.30. The van der Waals surface area contributed by atoms with Crippen molar-refractivity contribution in [1.29, 1.82) is 0 Å². The Morgan fingerprint density at radius 1 is 1.18 bits per heavy atom. The molecule has 0 atom stereocenters. The molecule has 2 heterocycles. The van der Waals surface area contributed by atoms with E-state index in [-0.39, 0.29) is 5.91 Å². The molecule has 1 amide bonds. The van der Waals surface area contributed by atoms with E-state index in [0.717, 1.165) is 48.2 Å². The number of carbonyl (C=O) groups is 1. The summed E-state index contributed by atoms with van der Waals surface area (Å²) in [5.74, 6) is 1.36. The predicted molar refractivity (Wildman–Crippen MR) is 116 cm³/mol. The third-order valence-electron chi connectivity index (χ3n) is 5.71. The van der Waals surface area contributed by atoms with Crippen molar-refractivity contribution in [3.63, 3.8) is 0 Å². The van der Waals surface area contributed by atoms with E-state index in [4.69, 9.17) is 0 Å². The van der Waals surface area contributed by atoms with Gasteiger partial charge < -0.3 is 10.2 Å². The fourth-order valence-corrected chi connectivity index (χ4v) is 3.90. The van der Waals surface area contributed by atoms with Gasteiger partial charge in [0.2, 0.25) is 5.91 Å². The standard InChI is InChI=1S/C23H34N4O/c1-16(2)15-27-19(5)22(18(4)25-27)14-23(28)24-20-6-8-21(9-7-20)26-12-10-17(3)11-13-26/h6-9,16-17H,10-15H2,1-5H3,(H,24,28). The first kappa shape index (κ1) is 20.4. The molecule has 1 fully saturated rings. The Balaban J connectivity index is 1.60. The van der Waals surface area contributed by atoms with Gasteiger partial charge in [-0.05, 0) is 62.8 Å². The highest BCUT2D eigenvalue weighted by atomic mass is 16.1. The van der Waals surface area contributed by atoms with Gasteiger partial charge in [0.15, 0.2) is 0 Å². The van der Waals surface area contributed by atoms with E-state index in [0.29, 0.717) is 12.3 Å². The lowest BCUT2D eigenvalue weighted by Gasteiger charge is -2.32. The van der Waals surface area contributed by atoms with Crippen molar-refractivity contribution in [2.45, 2.75) is 60.4 Å². The van der Waals surface area contributed by atoms with Gasteiger partial charge in [-0.1, -0.05) is 20.8 Å². The second-order valence-corrected chi connectivity index (χ2v) is 8.67. The number of aromatic nitrogens is 2. The van der Waals surface area contributed by atoms with Crippen molar-refractivity contribution >= 4 is 17.3 Å². The number of benzene rings is 1. The van der Waals surface area contributed by atoms with Crippen molar-refractivity contribution in [1.82, 2.24) is 9.78 Å². The topological polar surface area (TPSA) is 50.2 Å². The molecule has 1 aromatic heterocycles. The van der Waals surface area contributed by atoms with E-state index in [9.17, 15) is 4.79 Å². The average Bonchev–Trinajstić information content (AvgIpc) is 2.90. The maximum Gasteiger partial charge on any atom is 0.228 e. The number of aryl methyl sites for hydroxylation is 1. The molecule has 1 aliphatic heterocycles. The minimum absolute atomic E-state index is 0.00912. The number of hydrogen-bond acceptors (Lipinski definition) is 3. The number of anilines is 2. The van der Waals surface area contributed by atoms with Crippen LogP contribution in [0, 0.1) is 25.7 Å². The monoisotopic (exact) mass is 382 g/mol.